The van der Waals surface area contributed by atoms with Crippen LogP contribution in [-0.4, -0.2) is 49.1 Å². The molecule has 0 unspecified atom stereocenters. The second-order valence-electron chi connectivity index (χ2n) is 7.21. The standard InChI is InChI=1S/C19H17FN6OS/c20-12-3-4-14-13(9-12)17(25-5-7-28-8-6-25)23-18-15(21-10-26(14)18)16-22-19(27-24-16)11-1-2-11/h3-4,9-11H,1-2,5-8H2. The van der Waals surface area contributed by atoms with E-state index in [2.05, 4.69) is 20.0 Å². The van der Waals surface area contributed by atoms with Gasteiger partial charge in [0.05, 0.1) is 5.52 Å². The molecular weight excluding hydrogens is 379 g/mol. The fourth-order valence-electron chi connectivity index (χ4n) is 3.68. The SMILES string of the molecule is Fc1ccc2c(c1)c(N1CCSCC1)nc1c(-c3noc(C4CC4)n3)ncn12. The number of anilines is 1. The molecule has 4 heterocycles. The van der Waals surface area contributed by atoms with Crippen molar-refractivity contribution < 1.29 is 8.91 Å². The molecule has 1 aromatic carbocycles. The number of imidazole rings is 1. The van der Waals surface area contributed by atoms with E-state index in [1.54, 1.807) is 18.5 Å². The van der Waals surface area contributed by atoms with Crippen molar-refractivity contribution in [3.63, 3.8) is 0 Å². The molecule has 28 heavy (non-hydrogen) atoms. The van der Waals surface area contributed by atoms with Gasteiger partial charge in [-0.2, -0.15) is 16.7 Å². The van der Waals surface area contributed by atoms with Gasteiger partial charge in [-0.25, -0.2) is 14.4 Å². The van der Waals surface area contributed by atoms with Gasteiger partial charge >= 0.3 is 0 Å². The van der Waals surface area contributed by atoms with Crippen molar-refractivity contribution in [3.05, 3.63) is 36.2 Å². The van der Waals surface area contributed by atoms with Crippen molar-refractivity contribution in [2.45, 2.75) is 18.8 Å². The second kappa shape index (κ2) is 6.16. The van der Waals surface area contributed by atoms with Crippen LogP contribution in [0.1, 0.15) is 24.7 Å². The van der Waals surface area contributed by atoms with Crippen molar-refractivity contribution in [1.82, 2.24) is 24.5 Å². The summed E-state index contributed by atoms with van der Waals surface area (Å²) in [5.74, 6) is 4.10. The lowest BCUT2D eigenvalue weighted by molar-refractivity contribution is 0.380. The quantitative estimate of drug-likeness (QED) is 0.525. The van der Waals surface area contributed by atoms with Crippen LogP contribution in [-0.2, 0) is 0 Å². The van der Waals surface area contributed by atoms with Crippen molar-refractivity contribution in [3.8, 4) is 11.5 Å². The maximum absolute atomic E-state index is 14.0. The Morgan fingerprint density at radius 3 is 2.82 bits per heavy atom. The van der Waals surface area contributed by atoms with E-state index < -0.39 is 0 Å². The predicted molar refractivity (Wildman–Crippen MR) is 105 cm³/mol. The highest BCUT2D eigenvalue weighted by Gasteiger charge is 2.30. The summed E-state index contributed by atoms with van der Waals surface area (Å²) in [7, 11) is 0. The highest BCUT2D eigenvalue weighted by molar-refractivity contribution is 7.99. The van der Waals surface area contributed by atoms with E-state index in [1.165, 1.54) is 6.07 Å². The Kier molecular flexibility index (Phi) is 3.59. The molecule has 0 radical (unpaired) electrons. The maximum Gasteiger partial charge on any atom is 0.230 e. The molecule has 6 rings (SSSR count). The van der Waals surface area contributed by atoms with Crippen molar-refractivity contribution in [2.24, 2.45) is 0 Å². The number of rotatable bonds is 3. The summed E-state index contributed by atoms with van der Waals surface area (Å²) in [6.45, 7) is 1.77. The van der Waals surface area contributed by atoms with Gasteiger partial charge in [-0.3, -0.25) is 4.40 Å². The molecule has 1 aliphatic carbocycles. The van der Waals surface area contributed by atoms with Crippen LogP contribution in [0.3, 0.4) is 0 Å². The van der Waals surface area contributed by atoms with Crippen LogP contribution in [0.15, 0.2) is 29.0 Å². The van der Waals surface area contributed by atoms with Gasteiger partial charge in [-0.15, -0.1) is 0 Å². The van der Waals surface area contributed by atoms with E-state index in [1.807, 2.05) is 16.2 Å². The third-order valence-electron chi connectivity index (χ3n) is 5.30. The van der Waals surface area contributed by atoms with Crippen LogP contribution < -0.4 is 4.90 Å². The van der Waals surface area contributed by atoms with Crippen LogP contribution in [0, 0.1) is 5.82 Å². The van der Waals surface area contributed by atoms with E-state index in [-0.39, 0.29) is 5.82 Å². The van der Waals surface area contributed by atoms with Gasteiger partial charge in [0.15, 0.2) is 11.3 Å². The van der Waals surface area contributed by atoms with E-state index in [9.17, 15) is 4.39 Å². The molecule has 0 bridgehead atoms. The number of halogens is 1. The lowest BCUT2D eigenvalue weighted by Gasteiger charge is -2.28. The maximum atomic E-state index is 14.0. The number of aromatic nitrogens is 5. The zero-order valence-corrected chi connectivity index (χ0v) is 15.8. The molecule has 0 amide bonds. The molecule has 1 aliphatic heterocycles. The Morgan fingerprint density at radius 1 is 1.14 bits per heavy atom. The number of benzene rings is 1. The molecule has 2 aliphatic rings. The second-order valence-corrected chi connectivity index (χ2v) is 8.44. The minimum absolute atomic E-state index is 0.270. The molecule has 3 aromatic heterocycles. The van der Waals surface area contributed by atoms with E-state index in [0.29, 0.717) is 29.0 Å². The molecule has 1 saturated heterocycles. The number of hydrogen-bond acceptors (Lipinski definition) is 7. The monoisotopic (exact) mass is 396 g/mol. The lowest BCUT2D eigenvalue weighted by Crippen LogP contribution is -2.33. The third kappa shape index (κ3) is 2.56. The fourth-order valence-corrected chi connectivity index (χ4v) is 4.59. The van der Waals surface area contributed by atoms with Gasteiger partial charge in [0.1, 0.15) is 18.0 Å². The molecule has 0 atom stereocenters. The number of fused-ring (bicyclic) bond motifs is 3. The average Bonchev–Trinajstić information content (AvgIpc) is 3.30. The number of nitrogens with zero attached hydrogens (tertiary/aromatic N) is 6. The molecule has 7 nitrogen and oxygen atoms in total. The summed E-state index contributed by atoms with van der Waals surface area (Å²) in [4.78, 5) is 16.2. The van der Waals surface area contributed by atoms with Crippen LogP contribution in [0.2, 0.25) is 0 Å². The largest absolute Gasteiger partial charge is 0.354 e. The molecule has 0 spiro atoms. The van der Waals surface area contributed by atoms with Crippen LogP contribution in [0.4, 0.5) is 10.2 Å². The lowest BCUT2D eigenvalue weighted by atomic mass is 10.2. The first kappa shape index (κ1) is 16.3. The zero-order valence-electron chi connectivity index (χ0n) is 15.0. The summed E-state index contributed by atoms with van der Waals surface area (Å²) < 4.78 is 21.3. The van der Waals surface area contributed by atoms with E-state index in [4.69, 9.17) is 9.51 Å². The summed E-state index contributed by atoms with van der Waals surface area (Å²) in [6, 6.07) is 4.80. The van der Waals surface area contributed by atoms with Crippen LogP contribution in [0.5, 0.6) is 0 Å². The number of hydrogen-bond donors (Lipinski definition) is 0. The smallest absolute Gasteiger partial charge is 0.230 e. The Morgan fingerprint density at radius 2 is 2.00 bits per heavy atom. The van der Waals surface area contributed by atoms with Crippen molar-refractivity contribution in [1.29, 1.82) is 0 Å². The Balaban J connectivity index is 1.58. The predicted octanol–water partition coefficient (Wildman–Crippen LogP) is 3.50. The molecule has 1 saturated carbocycles. The molecule has 9 heteroatoms. The fraction of sp³-hybridized carbons (Fsp3) is 0.368. The van der Waals surface area contributed by atoms with Gasteiger partial charge in [0.25, 0.3) is 0 Å². The van der Waals surface area contributed by atoms with E-state index in [0.717, 1.165) is 54.2 Å². The first-order valence-corrected chi connectivity index (χ1v) is 10.6. The summed E-state index contributed by atoms with van der Waals surface area (Å²) >= 11 is 1.93. The average molecular weight is 396 g/mol. The summed E-state index contributed by atoms with van der Waals surface area (Å²) in [6.07, 6.45) is 3.88. The Labute approximate surface area is 164 Å². The van der Waals surface area contributed by atoms with Crippen LogP contribution >= 0.6 is 11.8 Å². The number of thioether (sulfide) groups is 1. The Hall–Kier alpha value is -2.68. The first-order valence-electron chi connectivity index (χ1n) is 9.41. The first-order chi connectivity index (χ1) is 13.8. The summed E-state index contributed by atoms with van der Waals surface area (Å²) in [5, 5.41) is 4.91. The highest BCUT2D eigenvalue weighted by Crippen LogP contribution is 2.40. The molecule has 2 fully saturated rings. The third-order valence-corrected chi connectivity index (χ3v) is 6.25. The molecular formula is C19H17FN6OS. The molecule has 142 valence electrons. The van der Waals surface area contributed by atoms with Gasteiger partial charge in [0, 0.05) is 35.9 Å². The summed E-state index contributed by atoms with van der Waals surface area (Å²) in [5.41, 5.74) is 2.12. The van der Waals surface area contributed by atoms with Gasteiger partial charge in [-0.05, 0) is 31.0 Å². The van der Waals surface area contributed by atoms with Crippen molar-refractivity contribution in [2.75, 3.05) is 29.5 Å². The molecule has 4 aromatic rings. The minimum atomic E-state index is -0.270. The Bertz CT molecular complexity index is 1190. The van der Waals surface area contributed by atoms with Gasteiger partial charge in [-0.1, -0.05) is 5.16 Å². The van der Waals surface area contributed by atoms with Crippen LogP contribution in [0.25, 0.3) is 28.1 Å². The topological polar surface area (TPSA) is 72.3 Å². The van der Waals surface area contributed by atoms with Crippen molar-refractivity contribution >= 4 is 34.1 Å². The normalized spacial score (nSPS) is 17.7. The minimum Gasteiger partial charge on any atom is -0.354 e. The highest BCUT2D eigenvalue weighted by atomic mass is 32.2. The molecule has 0 N–H and O–H groups in total. The van der Waals surface area contributed by atoms with Gasteiger partial charge in [0.2, 0.25) is 11.7 Å². The van der Waals surface area contributed by atoms with Gasteiger partial charge < -0.3 is 9.42 Å². The zero-order chi connectivity index (χ0) is 18.7. The van der Waals surface area contributed by atoms with E-state index >= 15 is 0 Å².